The van der Waals surface area contributed by atoms with Crippen molar-refractivity contribution in [3.63, 3.8) is 0 Å². The van der Waals surface area contributed by atoms with Gasteiger partial charge in [-0.15, -0.1) is 0 Å². The topological polar surface area (TPSA) is 76.3 Å². The molecule has 0 aromatic carbocycles. The molecular formula is C7H11N3O2S2. The van der Waals surface area contributed by atoms with Crippen molar-refractivity contribution in [2.45, 2.75) is 0 Å². The molecule has 1 aliphatic heterocycles. The van der Waals surface area contributed by atoms with Gasteiger partial charge in [0, 0.05) is 19.2 Å². The minimum atomic E-state index is -2.81. The van der Waals surface area contributed by atoms with Gasteiger partial charge in [-0.1, -0.05) is 0 Å². The highest BCUT2D eigenvalue weighted by Gasteiger charge is 2.22. The third-order valence-electron chi connectivity index (χ3n) is 2.17. The van der Waals surface area contributed by atoms with Crippen LogP contribution in [0.25, 0.3) is 0 Å². The van der Waals surface area contributed by atoms with Gasteiger partial charge < -0.3 is 10.6 Å². The van der Waals surface area contributed by atoms with Crippen molar-refractivity contribution in [3.8, 4) is 0 Å². The van der Waals surface area contributed by atoms with Gasteiger partial charge in [-0.05, 0) is 11.5 Å². The number of nitrogens with zero attached hydrogens (tertiary/aromatic N) is 2. The van der Waals surface area contributed by atoms with Crippen molar-refractivity contribution in [2.75, 3.05) is 35.2 Å². The number of aromatic nitrogens is 1. The van der Waals surface area contributed by atoms with E-state index in [1.807, 2.05) is 4.90 Å². The van der Waals surface area contributed by atoms with E-state index in [1.54, 1.807) is 6.07 Å². The van der Waals surface area contributed by atoms with Gasteiger partial charge in [0.25, 0.3) is 0 Å². The summed E-state index contributed by atoms with van der Waals surface area (Å²) in [6, 6.07) is 1.78. The average molecular weight is 233 g/mol. The van der Waals surface area contributed by atoms with Crippen LogP contribution in [0, 0.1) is 0 Å². The Morgan fingerprint density at radius 3 is 2.57 bits per heavy atom. The largest absolute Gasteiger partial charge is 0.383 e. The van der Waals surface area contributed by atoms with Crippen LogP contribution in [-0.4, -0.2) is 37.4 Å². The maximum atomic E-state index is 11.2. The van der Waals surface area contributed by atoms with E-state index in [1.165, 1.54) is 11.5 Å². The zero-order valence-corrected chi connectivity index (χ0v) is 9.14. The quantitative estimate of drug-likeness (QED) is 0.736. The monoisotopic (exact) mass is 233 g/mol. The third kappa shape index (κ3) is 1.98. The molecule has 0 aliphatic carbocycles. The van der Waals surface area contributed by atoms with Gasteiger partial charge >= 0.3 is 0 Å². The van der Waals surface area contributed by atoms with E-state index in [9.17, 15) is 8.42 Å². The number of sulfone groups is 1. The maximum absolute atomic E-state index is 11.2. The van der Waals surface area contributed by atoms with Crippen LogP contribution in [0.1, 0.15) is 0 Å². The van der Waals surface area contributed by atoms with Crippen molar-refractivity contribution in [1.29, 1.82) is 0 Å². The number of hydrogen-bond donors (Lipinski definition) is 1. The molecular weight excluding hydrogens is 222 g/mol. The lowest BCUT2D eigenvalue weighted by molar-refractivity contribution is 0.587. The molecule has 0 radical (unpaired) electrons. The molecule has 1 saturated heterocycles. The molecule has 1 aromatic heterocycles. The third-order valence-corrected chi connectivity index (χ3v) is 4.65. The number of rotatable bonds is 1. The van der Waals surface area contributed by atoms with Crippen LogP contribution in [0.4, 0.5) is 10.8 Å². The van der Waals surface area contributed by atoms with Crippen molar-refractivity contribution < 1.29 is 8.42 Å². The summed E-state index contributed by atoms with van der Waals surface area (Å²) in [7, 11) is -2.81. The second-order valence-corrected chi connectivity index (χ2v) is 6.32. The molecule has 2 N–H and O–H groups in total. The van der Waals surface area contributed by atoms with Crippen molar-refractivity contribution in [3.05, 3.63) is 6.07 Å². The van der Waals surface area contributed by atoms with Crippen molar-refractivity contribution in [1.82, 2.24) is 4.37 Å². The normalized spacial score (nSPS) is 21.0. The number of hydrogen-bond acceptors (Lipinski definition) is 6. The Bertz CT molecular complexity index is 412. The van der Waals surface area contributed by atoms with E-state index in [-0.39, 0.29) is 11.5 Å². The average Bonchev–Trinajstić information content (AvgIpc) is 2.52. The zero-order chi connectivity index (χ0) is 10.2. The smallest absolute Gasteiger partial charge is 0.153 e. The molecule has 5 nitrogen and oxygen atoms in total. The molecule has 78 valence electrons. The van der Waals surface area contributed by atoms with E-state index < -0.39 is 9.84 Å². The second-order valence-electron chi connectivity index (χ2n) is 3.23. The van der Waals surface area contributed by atoms with Crippen molar-refractivity contribution >= 4 is 32.2 Å². The standard InChI is InChI=1S/C7H11N3O2S2/c8-6-5-7(13-9-6)10-1-3-14(11,12)4-2-10/h5H,1-4H2,(H2,8,9). The lowest BCUT2D eigenvalue weighted by Crippen LogP contribution is -2.39. The fraction of sp³-hybridized carbons (Fsp3) is 0.571. The van der Waals surface area contributed by atoms with Gasteiger partial charge in [0.1, 0.15) is 10.8 Å². The predicted molar refractivity (Wildman–Crippen MR) is 57.4 cm³/mol. The van der Waals surface area contributed by atoms with Crippen LogP contribution in [-0.2, 0) is 9.84 Å². The van der Waals surface area contributed by atoms with Crippen LogP contribution in [0.3, 0.4) is 0 Å². The first-order chi connectivity index (χ1) is 6.57. The van der Waals surface area contributed by atoms with Gasteiger partial charge in [0.05, 0.1) is 11.5 Å². The summed E-state index contributed by atoms with van der Waals surface area (Å²) in [6.07, 6.45) is 0. The van der Waals surface area contributed by atoms with E-state index in [2.05, 4.69) is 4.37 Å². The minimum Gasteiger partial charge on any atom is -0.383 e. The summed E-state index contributed by atoms with van der Waals surface area (Å²) in [4.78, 5) is 2.01. The Morgan fingerprint density at radius 1 is 1.43 bits per heavy atom. The van der Waals surface area contributed by atoms with E-state index in [4.69, 9.17) is 5.73 Å². The van der Waals surface area contributed by atoms with Crippen LogP contribution >= 0.6 is 11.5 Å². The lowest BCUT2D eigenvalue weighted by atomic mass is 10.5. The molecule has 2 rings (SSSR count). The minimum absolute atomic E-state index is 0.227. The summed E-state index contributed by atoms with van der Waals surface area (Å²) in [5.41, 5.74) is 5.49. The molecule has 0 bridgehead atoms. The highest BCUT2D eigenvalue weighted by molar-refractivity contribution is 7.91. The fourth-order valence-electron chi connectivity index (χ4n) is 1.36. The summed E-state index contributed by atoms with van der Waals surface area (Å²) >= 11 is 1.31. The van der Waals surface area contributed by atoms with Gasteiger partial charge in [-0.25, -0.2) is 8.42 Å². The molecule has 0 atom stereocenters. The van der Waals surface area contributed by atoms with Crippen LogP contribution < -0.4 is 10.6 Å². The Hall–Kier alpha value is -0.820. The molecule has 1 fully saturated rings. The maximum Gasteiger partial charge on any atom is 0.153 e. The Balaban J connectivity index is 2.09. The van der Waals surface area contributed by atoms with Crippen LogP contribution in [0.2, 0.25) is 0 Å². The molecule has 1 aromatic rings. The molecule has 0 unspecified atom stereocenters. The predicted octanol–water partition coefficient (Wildman–Crippen LogP) is -0.0399. The number of anilines is 2. The molecule has 0 spiro atoms. The Kier molecular flexibility index (Phi) is 2.36. The summed E-state index contributed by atoms with van der Waals surface area (Å²) in [5.74, 6) is 0.953. The van der Waals surface area contributed by atoms with Gasteiger partial charge in [0.2, 0.25) is 0 Å². The number of nitrogens with two attached hydrogens (primary N) is 1. The Morgan fingerprint density at radius 2 is 2.07 bits per heavy atom. The molecule has 0 amide bonds. The molecule has 7 heteroatoms. The van der Waals surface area contributed by atoms with Crippen LogP contribution in [0.15, 0.2) is 6.07 Å². The van der Waals surface area contributed by atoms with Crippen molar-refractivity contribution in [2.24, 2.45) is 0 Å². The summed E-state index contributed by atoms with van der Waals surface area (Å²) in [5, 5.41) is 0.956. The highest BCUT2D eigenvalue weighted by Crippen LogP contribution is 2.24. The summed E-state index contributed by atoms with van der Waals surface area (Å²) < 4.78 is 26.3. The second kappa shape index (κ2) is 3.39. The van der Waals surface area contributed by atoms with Gasteiger partial charge in [0.15, 0.2) is 9.84 Å². The molecule has 2 heterocycles. The van der Waals surface area contributed by atoms with Gasteiger partial charge in [-0.3, -0.25) is 0 Å². The fourth-order valence-corrected chi connectivity index (χ4v) is 3.28. The lowest BCUT2D eigenvalue weighted by Gasteiger charge is -2.26. The van der Waals surface area contributed by atoms with Gasteiger partial charge in [-0.2, -0.15) is 4.37 Å². The van der Waals surface area contributed by atoms with E-state index >= 15 is 0 Å². The molecule has 14 heavy (non-hydrogen) atoms. The summed E-state index contributed by atoms with van der Waals surface area (Å²) in [6.45, 7) is 1.09. The van der Waals surface area contributed by atoms with Crippen LogP contribution in [0.5, 0.6) is 0 Å². The molecule has 0 saturated carbocycles. The first-order valence-electron chi connectivity index (χ1n) is 4.24. The first-order valence-corrected chi connectivity index (χ1v) is 6.84. The Labute approximate surface area is 86.6 Å². The van der Waals surface area contributed by atoms with E-state index in [0.29, 0.717) is 18.9 Å². The number of nitrogen functional groups attached to an aromatic ring is 1. The molecule has 1 aliphatic rings. The van der Waals surface area contributed by atoms with E-state index in [0.717, 1.165) is 5.00 Å². The zero-order valence-electron chi connectivity index (χ0n) is 7.51. The SMILES string of the molecule is Nc1cc(N2CCS(=O)(=O)CC2)sn1. The first kappa shape index (κ1) is 9.72. The highest BCUT2D eigenvalue weighted by atomic mass is 32.2.